The minimum atomic E-state index is 0.600. The van der Waals surface area contributed by atoms with Crippen molar-refractivity contribution in [3.63, 3.8) is 0 Å². The molecule has 238 valence electrons. The van der Waals surface area contributed by atoms with Crippen molar-refractivity contribution in [2.45, 2.75) is 0 Å². The van der Waals surface area contributed by atoms with Gasteiger partial charge in [0.25, 0.3) is 0 Å². The molecule has 4 nitrogen and oxygen atoms in total. The number of hydrogen-bond donors (Lipinski definition) is 0. The van der Waals surface area contributed by atoms with E-state index >= 15 is 0 Å². The van der Waals surface area contributed by atoms with Crippen LogP contribution in [-0.2, 0) is 0 Å². The molecule has 0 unspecified atom stereocenters. The smallest absolute Gasteiger partial charge is 0.164 e. The van der Waals surface area contributed by atoms with E-state index < -0.39 is 0 Å². The topological polar surface area (TPSA) is 51.8 Å². The number of para-hydroxylation sites is 1. The Hall–Kier alpha value is -6.91. The number of benzene rings is 8. The molecule has 0 aliphatic rings. The molecule has 0 saturated heterocycles. The fraction of sp³-hybridized carbons (Fsp3) is 0. The van der Waals surface area contributed by atoms with E-state index in [1.807, 2.05) is 42.5 Å². The maximum absolute atomic E-state index is 6.77. The average molecular weight is 652 g/mol. The highest BCUT2D eigenvalue weighted by Gasteiger charge is 2.20. The van der Waals surface area contributed by atoms with Crippen molar-refractivity contribution in [2.24, 2.45) is 0 Å². The number of fused-ring (bicyclic) bond motifs is 5. The molecule has 2 heterocycles. The Balaban J connectivity index is 1.18. The highest BCUT2D eigenvalue weighted by molar-refractivity contribution is 6.17. The monoisotopic (exact) mass is 651 g/mol. The van der Waals surface area contributed by atoms with Gasteiger partial charge in [-0.05, 0) is 50.4 Å². The Morgan fingerprint density at radius 1 is 0.333 bits per heavy atom. The number of furan rings is 1. The van der Waals surface area contributed by atoms with Gasteiger partial charge in [0, 0.05) is 33.0 Å². The summed E-state index contributed by atoms with van der Waals surface area (Å²) in [5, 5.41) is 6.69. The Kier molecular flexibility index (Phi) is 6.78. The predicted octanol–water partition coefficient (Wildman–Crippen LogP) is 12.4. The van der Waals surface area contributed by atoms with Crippen LogP contribution in [0.5, 0.6) is 0 Å². The van der Waals surface area contributed by atoms with E-state index in [1.165, 1.54) is 27.3 Å². The van der Waals surface area contributed by atoms with E-state index in [1.54, 1.807) is 0 Å². The van der Waals surface area contributed by atoms with E-state index in [4.69, 9.17) is 19.4 Å². The van der Waals surface area contributed by atoms with Crippen LogP contribution in [0.4, 0.5) is 0 Å². The second-order valence-electron chi connectivity index (χ2n) is 12.8. The van der Waals surface area contributed by atoms with Crippen LogP contribution in [-0.4, -0.2) is 15.0 Å². The molecule has 8 aromatic carbocycles. The number of rotatable bonds is 5. The van der Waals surface area contributed by atoms with Gasteiger partial charge in [-0.25, -0.2) is 15.0 Å². The zero-order valence-electron chi connectivity index (χ0n) is 27.5. The van der Waals surface area contributed by atoms with E-state index in [0.29, 0.717) is 17.5 Å². The first kappa shape index (κ1) is 29.0. The third-order valence-corrected chi connectivity index (χ3v) is 9.74. The summed E-state index contributed by atoms with van der Waals surface area (Å²) in [5.74, 6) is 1.85. The molecule has 0 aliphatic heterocycles. The molecule has 10 aromatic rings. The molecular weight excluding hydrogens is 623 g/mol. The second kappa shape index (κ2) is 11.9. The SMILES string of the molecule is c1ccc(-c2nc(-c3ccc4ccccc4c3)nc(-c3cccc4oc5c(-c6ccc(-c7ccccc7)c7ccccc67)cccc5c34)n2)cc1. The fourth-order valence-corrected chi connectivity index (χ4v) is 7.32. The van der Waals surface area contributed by atoms with Gasteiger partial charge in [0.2, 0.25) is 0 Å². The Bertz CT molecular complexity index is 2910. The number of nitrogens with zero attached hydrogens (tertiary/aromatic N) is 3. The van der Waals surface area contributed by atoms with E-state index in [-0.39, 0.29) is 0 Å². The van der Waals surface area contributed by atoms with Crippen LogP contribution < -0.4 is 0 Å². The minimum absolute atomic E-state index is 0.600. The molecule has 0 atom stereocenters. The number of aromatic nitrogens is 3. The summed E-state index contributed by atoms with van der Waals surface area (Å²) in [4.78, 5) is 15.2. The summed E-state index contributed by atoms with van der Waals surface area (Å²) in [6, 6.07) is 61.0. The summed E-state index contributed by atoms with van der Waals surface area (Å²) < 4.78 is 6.77. The quantitative estimate of drug-likeness (QED) is 0.186. The molecule has 10 rings (SSSR count). The molecule has 0 bridgehead atoms. The molecule has 0 fully saturated rings. The zero-order chi connectivity index (χ0) is 33.7. The first-order chi connectivity index (χ1) is 25.3. The highest BCUT2D eigenvalue weighted by atomic mass is 16.3. The molecule has 4 heteroatoms. The van der Waals surface area contributed by atoms with Gasteiger partial charge in [0.1, 0.15) is 11.2 Å². The Morgan fingerprint density at radius 2 is 0.922 bits per heavy atom. The third kappa shape index (κ3) is 4.96. The van der Waals surface area contributed by atoms with Crippen molar-refractivity contribution >= 4 is 43.5 Å². The van der Waals surface area contributed by atoms with Crippen molar-refractivity contribution in [3.05, 3.63) is 176 Å². The third-order valence-electron chi connectivity index (χ3n) is 9.74. The maximum Gasteiger partial charge on any atom is 0.164 e. The molecule has 0 amide bonds. The molecule has 0 radical (unpaired) electrons. The van der Waals surface area contributed by atoms with Gasteiger partial charge in [-0.2, -0.15) is 0 Å². The molecule has 0 N–H and O–H groups in total. The van der Waals surface area contributed by atoms with Crippen molar-refractivity contribution in [1.82, 2.24) is 15.0 Å². The summed E-state index contributed by atoms with van der Waals surface area (Å²) >= 11 is 0. The lowest BCUT2D eigenvalue weighted by atomic mass is 9.91. The van der Waals surface area contributed by atoms with Gasteiger partial charge in [0.15, 0.2) is 17.5 Å². The summed E-state index contributed by atoms with van der Waals surface area (Å²) in [6.45, 7) is 0. The standard InChI is InChI=1S/C47H29N3O/c1-3-14-31(15-4-1)35-27-28-38(37-20-10-9-19-36(35)37)39-21-11-22-40-43-41(23-12-24-42(43)51-44(39)40)47-49-45(32-16-5-2-6-17-32)48-46(50-47)34-26-25-30-13-7-8-18-33(30)29-34/h1-29H. The van der Waals surface area contributed by atoms with Gasteiger partial charge in [-0.15, -0.1) is 0 Å². The van der Waals surface area contributed by atoms with Crippen LogP contribution in [0.1, 0.15) is 0 Å². The van der Waals surface area contributed by atoms with Crippen molar-refractivity contribution in [1.29, 1.82) is 0 Å². The summed E-state index contributed by atoms with van der Waals surface area (Å²) in [5.41, 5.74) is 8.97. The van der Waals surface area contributed by atoms with Crippen molar-refractivity contribution in [3.8, 4) is 56.4 Å². The van der Waals surface area contributed by atoms with Gasteiger partial charge >= 0.3 is 0 Å². The number of hydrogen-bond acceptors (Lipinski definition) is 4. The van der Waals surface area contributed by atoms with Gasteiger partial charge in [0.05, 0.1) is 0 Å². The Labute approximate surface area is 294 Å². The molecule has 51 heavy (non-hydrogen) atoms. The van der Waals surface area contributed by atoms with Crippen LogP contribution in [0.2, 0.25) is 0 Å². The molecule has 0 spiro atoms. The van der Waals surface area contributed by atoms with E-state index in [9.17, 15) is 0 Å². The fourth-order valence-electron chi connectivity index (χ4n) is 7.32. The lowest BCUT2D eigenvalue weighted by Crippen LogP contribution is -2.00. The minimum Gasteiger partial charge on any atom is -0.455 e. The molecule has 0 saturated carbocycles. The van der Waals surface area contributed by atoms with E-state index in [0.717, 1.165) is 55.1 Å². The van der Waals surface area contributed by atoms with Crippen molar-refractivity contribution < 1.29 is 4.42 Å². The highest BCUT2D eigenvalue weighted by Crippen LogP contribution is 2.43. The van der Waals surface area contributed by atoms with Crippen LogP contribution in [0.25, 0.3) is 99.9 Å². The van der Waals surface area contributed by atoms with Crippen molar-refractivity contribution in [2.75, 3.05) is 0 Å². The van der Waals surface area contributed by atoms with Crippen LogP contribution in [0, 0.1) is 0 Å². The largest absolute Gasteiger partial charge is 0.455 e. The first-order valence-corrected chi connectivity index (χ1v) is 17.1. The lowest BCUT2D eigenvalue weighted by molar-refractivity contribution is 0.670. The van der Waals surface area contributed by atoms with Gasteiger partial charge in [-0.1, -0.05) is 164 Å². The lowest BCUT2D eigenvalue weighted by Gasteiger charge is -2.12. The second-order valence-corrected chi connectivity index (χ2v) is 12.8. The normalized spacial score (nSPS) is 11.5. The first-order valence-electron chi connectivity index (χ1n) is 17.1. The van der Waals surface area contributed by atoms with E-state index in [2.05, 4.69) is 133 Å². The zero-order valence-corrected chi connectivity index (χ0v) is 27.5. The van der Waals surface area contributed by atoms with Gasteiger partial charge < -0.3 is 4.42 Å². The summed E-state index contributed by atoms with van der Waals surface area (Å²) in [6.07, 6.45) is 0. The summed E-state index contributed by atoms with van der Waals surface area (Å²) in [7, 11) is 0. The molecular formula is C47H29N3O. The van der Waals surface area contributed by atoms with Crippen LogP contribution in [0.3, 0.4) is 0 Å². The predicted molar refractivity (Wildman–Crippen MR) is 209 cm³/mol. The maximum atomic E-state index is 6.77. The van der Waals surface area contributed by atoms with Gasteiger partial charge in [-0.3, -0.25) is 0 Å². The molecule has 2 aromatic heterocycles. The van der Waals surface area contributed by atoms with Crippen LogP contribution >= 0.6 is 0 Å². The average Bonchev–Trinajstić information content (AvgIpc) is 3.60. The Morgan fingerprint density at radius 3 is 1.73 bits per heavy atom. The van der Waals surface area contributed by atoms with Crippen LogP contribution in [0.15, 0.2) is 180 Å². The molecule has 0 aliphatic carbocycles.